The molecule has 0 unspecified atom stereocenters. The van der Waals surface area contributed by atoms with Crippen molar-refractivity contribution in [2.75, 3.05) is 19.0 Å². The van der Waals surface area contributed by atoms with Crippen LogP contribution >= 0.6 is 11.8 Å². The van der Waals surface area contributed by atoms with E-state index in [4.69, 9.17) is 10.5 Å². The zero-order valence-corrected chi connectivity index (χ0v) is 18.3. The average molecular weight is 485 g/mol. The number of β-lactam (4-membered cyclic amide) rings is 1. The van der Waals surface area contributed by atoms with Crippen molar-refractivity contribution in [1.82, 2.24) is 9.62 Å². The standard InChI is InChI=1S/C18H19N3O9S2/c1-2-29-18(26)20-32(27,28)11-6-4-3-5-10(11)17(25)30-7-9-8-31-15-12(19)14(22)21(15)13(9)16(23)24/h3-6,12,15H,2,7-8,19H2,1H3,(H,20,26)(H,23,24)/t12-,15-/m1/s1. The van der Waals surface area contributed by atoms with E-state index in [1.807, 2.05) is 0 Å². The predicted octanol–water partition coefficient (Wildman–Crippen LogP) is -0.141. The summed E-state index contributed by atoms with van der Waals surface area (Å²) < 4.78 is 36.3. The number of hydrogen-bond donors (Lipinski definition) is 3. The van der Waals surface area contributed by atoms with Gasteiger partial charge < -0.3 is 20.3 Å². The van der Waals surface area contributed by atoms with Crippen molar-refractivity contribution < 1.29 is 42.2 Å². The molecule has 1 saturated heterocycles. The lowest BCUT2D eigenvalue weighted by atomic mass is 10.0. The zero-order valence-electron chi connectivity index (χ0n) is 16.6. The topological polar surface area (TPSA) is 182 Å². The lowest BCUT2D eigenvalue weighted by molar-refractivity contribution is -0.148. The molecule has 2 aliphatic rings. The first-order valence-electron chi connectivity index (χ1n) is 9.19. The van der Waals surface area contributed by atoms with Gasteiger partial charge in [-0.25, -0.2) is 27.5 Å². The number of carboxylic acids is 1. The number of rotatable bonds is 7. The van der Waals surface area contributed by atoms with Crippen LogP contribution in [-0.4, -0.2) is 72.7 Å². The Kier molecular flexibility index (Phi) is 6.76. The molecule has 0 radical (unpaired) electrons. The monoisotopic (exact) mass is 485 g/mol. The van der Waals surface area contributed by atoms with Gasteiger partial charge in [-0.1, -0.05) is 12.1 Å². The fraction of sp³-hybridized carbons (Fsp3) is 0.333. The van der Waals surface area contributed by atoms with Gasteiger partial charge >= 0.3 is 18.0 Å². The Morgan fingerprint density at radius 3 is 2.62 bits per heavy atom. The summed E-state index contributed by atoms with van der Waals surface area (Å²) in [7, 11) is -4.45. The highest BCUT2D eigenvalue weighted by Crippen LogP contribution is 2.39. The molecule has 1 aromatic rings. The van der Waals surface area contributed by atoms with Crippen LogP contribution in [0.3, 0.4) is 0 Å². The largest absolute Gasteiger partial charge is 0.477 e. The molecule has 0 saturated carbocycles. The van der Waals surface area contributed by atoms with Crippen LogP contribution in [0.4, 0.5) is 4.79 Å². The fourth-order valence-electron chi connectivity index (χ4n) is 3.12. The number of amides is 2. The number of carbonyl (C=O) groups excluding carboxylic acids is 3. The molecular formula is C18H19N3O9S2. The highest BCUT2D eigenvalue weighted by atomic mass is 32.2. The second-order valence-electron chi connectivity index (χ2n) is 6.59. The van der Waals surface area contributed by atoms with Crippen LogP contribution in [-0.2, 0) is 29.1 Å². The fourth-order valence-corrected chi connectivity index (χ4v) is 5.48. The van der Waals surface area contributed by atoms with E-state index in [1.165, 1.54) is 36.9 Å². The summed E-state index contributed by atoms with van der Waals surface area (Å²) in [6, 6.07) is 4.21. The van der Waals surface area contributed by atoms with Crippen LogP contribution in [0.25, 0.3) is 0 Å². The first-order valence-corrected chi connectivity index (χ1v) is 11.7. The van der Waals surface area contributed by atoms with Gasteiger partial charge in [0.05, 0.1) is 12.2 Å². The number of aliphatic carboxylic acids is 1. The lowest BCUT2D eigenvalue weighted by Crippen LogP contribution is -2.68. The second kappa shape index (κ2) is 9.18. The Hall–Kier alpha value is -3.10. The number of esters is 1. The van der Waals surface area contributed by atoms with E-state index in [0.29, 0.717) is 0 Å². The number of carbonyl (C=O) groups is 4. The van der Waals surface area contributed by atoms with Crippen LogP contribution in [0.2, 0.25) is 0 Å². The highest BCUT2D eigenvalue weighted by Gasteiger charge is 2.51. The minimum Gasteiger partial charge on any atom is -0.477 e. The lowest BCUT2D eigenvalue weighted by Gasteiger charge is -2.47. The van der Waals surface area contributed by atoms with E-state index in [0.717, 1.165) is 11.0 Å². The second-order valence-corrected chi connectivity index (χ2v) is 9.35. The SMILES string of the molecule is CCOC(=O)NS(=O)(=O)c1ccccc1C(=O)OCC1=C(C(=O)O)N2C(=O)[C@@H](N)[C@H]2SC1. The Labute approximate surface area is 186 Å². The quantitative estimate of drug-likeness (QED) is 0.345. The average Bonchev–Trinajstić information content (AvgIpc) is 2.75. The van der Waals surface area contributed by atoms with Gasteiger partial charge in [-0.05, 0) is 19.1 Å². The summed E-state index contributed by atoms with van der Waals surface area (Å²) in [6.07, 6.45) is -1.21. The maximum absolute atomic E-state index is 12.6. The third-order valence-electron chi connectivity index (χ3n) is 4.56. The Morgan fingerprint density at radius 2 is 1.97 bits per heavy atom. The van der Waals surface area contributed by atoms with Crippen molar-refractivity contribution >= 4 is 45.7 Å². The number of benzene rings is 1. The van der Waals surface area contributed by atoms with Gasteiger partial charge in [0, 0.05) is 11.3 Å². The van der Waals surface area contributed by atoms with Gasteiger partial charge in [0.2, 0.25) is 5.91 Å². The summed E-state index contributed by atoms with van der Waals surface area (Å²) in [5.41, 5.74) is 5.17. The Balaban J connectivity index is 1.81. The molecular weight excluding hydrogens is 466 g/mol. The Bertz CT molecular complexity index is 1120. The van der Waals surface area contributed by atoms with Crippen molar-refractivity contribution in [2.45, 2.75) is 23.2 Å². The van der Waals surface area contributed by atoms with Crippen molar-refractivity contribution in [3.05, 3.63) is 41.1 Å². The maximum atomic E-state index is 12.6. The number of nitrogens with zero attached hydrogens (tertiary/aromatic N) is 1. The summed E-state index contributed by atoms with van der Waals surface area (Å²) in [6.45, 7) is 0.943. The third kappa shape index (κ3) is 4.42. The number of nitrogens with two attached hydrogens (primary N) is 1. The molecule has 4 N–H and O–H groups in total. The van der Waals surface area contributed by atoms with E-state index in [9.17, 15) is 32.7 Å². The number of hydrogen-bond acceptors (Lipinski definition) is 10. The smallest absolute Gasteiger partial charge is 0.421 e. The van der Waals surface area contributed by atoms with Crippen molar-refractivity contribution in [3.8, 4) is 0 Å². The normalized spacial score (nSPS) is 20.2. The maximum Gasteiger partial charge on any atom is 0.421 e. The van der Waals surface area contributed by atoms with Gasteiger partial charge in [0.1, 0.15) is 28.6 Å². The van der Waals surface area contributed by atoms with E-state index in [2.05, 4.69) is 4.74 Å². The number of carboxylic acid groups (broad SMARTS) is 1. The van der Waals surface area contributed by atoms with Crippen LogP contribution in [0.1, 0.15) is 17.3 Å². The van der Waals surface area contributed by atoms with Crippen LogP contribution in [0.15, 0.2) is 40.4 Å². The number of nitrogens with one attached hydrogen (secondary N) is 1. The van der Waals surface area contributed by atoms with Gasteiger partial charge in [0.25, 0.3) is 10.0 Å². The molecule has 0 aliphatic carbocycles. The predicted molar refractivity (Wildman–Crippen MR) is 110 cm³/mol. The first-order chi connectivity index (χ1) is 15.1. The van der Waals surface area contributed by atoms with Crippen molar-refractivity contribution in [2.24, 2.45) is 5.73 Å². The molecule has 3 rings (SSSR count). The number of sulfonamides is 1. The number of ether oxygens (including phenoxy) is 2. The molecule has 0 spiro atoms. The molecule has 12 nitrogen and oxygen atoms in total. The van der Waals surface area contributed by atoms with Crippen LogP contribution < -0.4 is 10.5 Å². The number of fused-ring (bicyclic) bond motifs is 1. The molecule has 2 heterocycles. The number of thioether (sulfide) groups is 1. The molecule has 1 fully saturated rings. The molecule has 1 aromatic carbocycles. The molecule has 2 aliphatic heterocycles. The van der Waals surface area contributed by atoms with Crippen molar-refractivity contribution in [3.63, 3.8) is 0 Å². The van der Waals surface area contributed by atoms with E-state index in [-0.39, 0.29) is 29.2 Å². The molecule has 14 heteroatoms. The van der Waals surface area contributed by atoms with Crippen LogP contribution in [0.5, 0.6) is 0 Å². The van der Waals surface area contributed by atoms with E-state index >= 15 is 0 Å². The Morgan fingerprint density at radius 1 is 1.28 bits per heavy atom. The summed E-state index contributed by atoms with van der Waals surface area (Å²) >= 11 is 1.23. The van der Waals surface area contributed by atoms with Gasteiger partial charge in [-0.2, -0.15) is 0 Å². The molecule has 0 bridgehead atoms. The molecule has 172 valence electrons. The molecule has 32 heavy (non-hydrogen) atoms. The summed E-state index contributed by atoms with van der Waals surface area (Å²) in [5, 5.41) is 9.02. The summed E-state index contributed by atoms with van der Waals surface area (Å²) in [4.78, 5) is 48.3. The first kappa shape index (κ1) is 23.6. The van der Waals surface area contributed by atoms with Gasteiger partial charge in [-0.15, -0.1) is 11.8 Å². The zero-order chi connectivity index (χ0) is 23.6. The summed E-state index contributed by atoms with van der Waals surface area (Å²) in [5.74, 6) is -2.83. The van der Waals surface area contributed by atoms with E-state index < -0.39 is 56.9 Å². The van der Waals surface area contributed by atoms with Gasteiger partial charge in [0.15, 0.2) is 0 Å². The minimum atomic E-state index is -4.45. The minimum absolute atomic E-state index is 0.0602. The highest BCUT2D eigenvalue weighted by molar-refractivity contribution is 8.00. The molecule has 2 atom stereocenters. The molecule has 2 amide bonds. The van der Waals surface area contributed by atoms with Crippen molar-refractivity contribution in [1.29, 1.82) is 0 Å². The third-order valence-corrected chi connectivity index (χ3v) is 7.29. The van der Waals surface area contributed by atoms with Gasteiger partial charge in [-0.3, -0.25) is 9.69 Å². The molecule has 0 aromatic heterocycles. The van der Waals surface area contributed by atoms with Crippen LogP contribution in [0, 0.1) is 0 Å². The van der Waals surface area contributed by atoms with E-state index in [1.54, 1.807) is 4.72 Å².